The van der Waals surface area contributed by atoms with Crippen molar-refractivity contribution >= 4 is 11.9 Å². The molecule has 5 heteroatoms. The monoisotopic (exact) mass is 239 g/mol. The lowest BCUT2D eigenvalue weighted by molar-refractivity contribution is -0.148. The van der Waals surface area contributed by atoms with E-state index in [2.05, 4.69) is 6.58 Å². The zero-order valence-electron chi connectivity index (χ0n) is 10.1. The van der Waals surface area contributed by atoms with Crippen LogP contribution in [-0.2, 0) is 19.1 Å². The first-order valence-corrected chi connectivity index (χ1v) is 5.39. The van der Waals surface area contributed by atoms with E-state index in [9.17, 15) is 9.59 Å². The maximum Gasteiger partial charge on any atom is 0.323 e. The first kappa shape index (κ1) is 15.2. The number of rotatable bonds is 7. The largest absolute Gasteiger partial charge is 0.466 e. The minimum absolute atomic E-state index is 0.0231. The smallest absolute Gasteiger partial charge is 0.323 e. The first-order valence-electron chi connectivity index (χ1n) is 5.39. The Hall–Kier alpha value is -1.83. The van der Waals surface area contributed by atoms with Gasteiger partial charge in [-0.1, -0.05) is 19.6 Å². The predicted octanol–water partition coefficient (Wildman–Crippen LogP) is 1.44. The molecule has 0 heterocycles. The number of nitrogens with zero attached hydrogens (tertiary/aromatic N) is 1. The summed E-state index contributed by atoms with van der Waals surface area (Å²) in [5.74, 6) is -2.45. The van der Waals surface area contributed by atoms with Gasteiger partial charge >= 0.3 is 11.9 Å². The van der Waals surface area contributed by atoms with Crippen LogP contribution in [0.3, 0.4) is 0 Å². The van der Waals surface area contributed by atoms with Gasteiger partial charge in [0.2, 0.25) is 0 Å². The zero-order chi connectivity index (χ0) is 13.3. The van der Waals surface area contributed by atoms with Gasteiger partial charge in [0.1, 0.15) is 12.5 Å². The molecule has 0 saturated heterocycles. The number of carbonyl (C=O) groups excluding carboxylic acids is 2. The van der Waals surface area contributed by atoms with Gasteiger partial charge in [-0.3, -0.25) is 9.59 Å². The summed E-state index contributed by atoms with van der Waals surface area (Å²) in [6.45, 7) is 7.08. The molecule has 2 unspecified atom stereocenters. The average Bonchev–Trinajstić information content (AvgIpc) is 2.27. The van der Waals surface area contributed by atoms with Gasteiger partial charge in [0, 0.05) is 6.42 Å². The fourth-order valence-electron chi connectivity index (χ4n) is 1.24. The van der Waals surface area contributed by atoms with E-state index < -0.39 is 23.8 Å². The molecule has 0 aromatic carbocycles. The molecule has 0 aromatic heterocycles. The van der Waals surface area contributed by atoms with Crippen molar-refractivity contribution in [2.24, 2.45) is 11.8 Å². The predicted molar refractivity (Wildman–Crippen MR) is 60.7 cm³/mol. The summed E-state index contributed by atoms with van der Waals surface area (Å²) in [5, 5.41) is 8.88. The number of esters is 2. The molecule has 0 aliphatic rings. The quantitative estimate of drug-likeness (QED) is 0.496. The highest BCUT2D eigenvalue weighted by atomic mass is 16.5. The molecular formula is C12H17NO4. The third-order valence-corrected chi connectivity index (χ3v) is 2.10. The van der Waals surface area contributed by atoms with Crippen LogP contribution in [0.4, 0.5) is 0 Å². The van der Waals surface area contributed by atoms with E-state index in [-0.39, 0.29) is 19.6 Å². The Balaban J connectivity index is 4.35. The Morgan fingerprint density at radius 2 is 2.12 bits per heavy atom. The van der Waals surface area contributed by atoms with Crippen LogP contribution < -0.4 is 0 Å². The van der Waals surface area contributed by atoms with Crippen LogP contribution in [-0.4, -0.2) is 25.2 Å². The molecule has 0 N–H and O–H groups in total. The van der Waals surface area contributed by atoms with Crippen molar-refractivity contribution in [2.75, 3.05) is 13.2 Å². The molecule has 0 aliphatic heterocycles. The maximum absolute atomic E-state index is 11.5. The number of nitriles is 1. The topological polar surface area (TPSA) is 76.4 Å². The Morgan fingerprint density at radius 1 is 1.47 bits per heavy atom. The summed E-state index contributed by atoms with van der Waals surface area (Å²) in [5.41, 5.74) is 0. The average molecular weight is 239 g/mol. The molecule has 0 amide bonds. The molecule has 0 aliphatic carbocycles. The molecular weight excluding hydrogens is 222 g/mol. The minimum Gasteiger partial charge on any atom is -0.466 e. The van der Waals surface area contributed by atoms with Gasteiger partial charge in [0.05, 0.1) is 12.7 Å². The van der Waals surface area contributed by atoms with E-state index in [1.807, 2.05) is 6.07 Å². The van der Waals surface area contributed by atoms with E-state index in [0.717, 1.165) is 0 Å². The SMILES string of the molecule is C=CCOC(=O)C(C#N)C(C)CC(=O)OCC. The van der Waals surface area contributed by atoms with Crippen molar-refractivity contribution in [1.29, 1.82) is 5.26 Å². The Labute approximate surface area is 101 Å². The molecule has 0 rings (SSSR count). The minimum atomic E-state index is -0.959. The molecule has 17 heavy (non-hydrogen) atoms. The van der Waals surface area contributed by atoms with Crippen LogP contribution in [0, 0.1) is 23.2 Å². The summed E-state index contributed by atoms with van der Waals surface area (Å²) >= 11 is 0. The van der Waals surface area contributed by atoms with Crippen molar-refractivity contribution in [3.8, 4) is 6.07 Å². The third kappa shape index (κ3) is 5.71. The normalized spacial score (nSPS) is 13.0. The summed E-state index contributed by atoms with van der Waals surface area (Å²) in [6.07, 6.45) is 1.44. The van der Waals surface area contributed by atoms with Crippen molar-refractivity contribution in [2.45, 2.75) is 20.3 Å². The lowest BCUT2D eigenvalue weighted by Gasteiger charge is -2.15. The molecule has 0 spiro atoms. The van der Waals surface area contributed by atoms with Crippen molar-refractivity contribution in [3.05, 3.63) is 12.7 Å². The fourth-order valence-corrected chi connectivity index (χ4v) is 1.24. The standard InChI is InChI=1S/C12H17NO4/c1-4-6-17-12(15)10(8-13)9(3)7-11(14)16-5-2/h4,9-10H,1,5-7H2,2-3H3. The molecule has 94 valence electrons. The second-order valence-corrected chi connectivity index (χ2v) is 3.51. The van der Waals surface area contributed by atoms with Gasteiger partial charge < -0.3 is 9.47 Å². The third-order valence-electron chi connectivity index (χ3n) is 2.10. The van der Waals surface area contributed by atoms with Crippen LogP contribution in [0.15, 0.2) is 12.7 Å². The van der Waals surface area contributed by atoms with Gasteiger partial charge in [-0.2, -0.15) is 5.26 Å². The van der Waals surface area contributed by atoms with Crippen LogP contribution >= 0.6 is 0 Å². The Morgan fingerprint density at radius 3 is 2.59 bits per heavy atom. The fraction of sp³-hybridized carbons (Fsp3) is 0.583. The zero-order valence-corrected chi connectivity index (χ0v) is 10.1. The summed E-state index contributed by atoms with van der Waals surface area (Å²) in [7, 11) is 0. The van der Waals surface area contributed by atoms with Crippen LogP contribution in [0.25, 0.3) is 0 Å². The second-order valence-electron chi connectivity index (χ2n) is 3.51. The number of hydrogen-bond donors (Lipinski definition) is 0. The molecule has 0 bridgehead atoms. The van der Waals surface area contributed by atoms with E-state index in [0.29, 0.717) is 0 Å². The first-order chi connectivity index (χ1) is 8.06. The highest BCUT2D eigenvalue weighted by molar-refractivity contribution is 5.77. The highest BCUT2D eigenvalue weighted by Crippen LogP contribution is 2.17. The molecule has 0 fully saturated rings. The van der Waals surface area contributed by atoms with E-state index >= 15 is 0 Å². The molecule has 5 nitrogen and oxygen atoms in total. The van der Waals surface area contributed by atoms with E-state index in [1.165, 1.54) is 6.08 Å². The van der Waals surface area contributed by atoms with E-state index in [4.69, 9.17) is 14.7 Å². The molecule has 2 atom stereocenters. The van der Waals surface area contributed by atoms with Crippen molar-refractivity contribution in [3.63, 3.8) is 0 Å². The molecule has 0 aromatic rings. The van der Waals surface area contributed by atoms with E-state index in [1.54, 1.807) is 13.8 Å². The Kier molecular flexibility index (Phi) is 7.44. The maximum atomic E-state index is 11.5. The van der Waals surface area contributed by atoms with Crippen LogP contribution in [0.2, 0.25) is 0 Å². The van der Waals surface area contributed by atoms with Gasteiger partial charge in [-0.05, 0) is 12.8 Å². The van der Waals surface area contributed by atoms with Gasteiger partial charge in [-0.25, -0.2) is 0 Å². The summed E-state index contributed by atoms with van der Waals surface area (Å²) in [6, 6.07) is 1.84. The van der Waals surface area contributed by atoms with Crippen molar-refractivity contribution in [1.82, 2.24) is 0 Å². The lowest BCUT2D eigenvalue weighted by atomic mass is 9.92. The van der Waals surface area contributed by atoms with Crippen LogP contribution in [0.1, 0.15) is 20.3 Å². The van der Waals surface area contributed by atoms with Gasteiger partial charge in [0.25, 0.3) is 0 Å². The number of hydrogen-bond acceptors (Lipinski definition) is 5. The second kappa shape index (κ2) is 8.34. The molecule has 0 saturated carbocycles. The van der Waals surface area contributed by atoms with Crippen LogP contribution in [0.5, 0.6) is 0 Å². The van der Waals surface area contributed by atoms with Gasteiger partial charge in [-0.15, -0.1) is 0 Å². The number of carbonyl (C=O) groups is 2. The number of ether oxygens (including phenoxy) is 2. The summed E-state index contributed by atoms with van der Waals surface area (Å²) < 4.78 is 9.53. The molecule has 0 radical (unpaired) electrons. The Bertz CT molecular complexity index is 319. The van der Waals surface area contributed by atoms with Gasteiger partial charge in [0.15, 0.2) is 0 Å². The lowest BCUT2D eigenvalue weighted by Crippen LogP contribution is -2.25. The van der Waals surface area contributed by atoms with Crippen molar-refractivity contribution < 1.29 is 19.1 Å². The highest BCUT2D eigenvalue weighted by Gasteiger charge is 2.28. The summed E-state index contributed by atoms with van der Waals surface area (Å²) in [4.78, 5) is 22.7.